The highest BCUT2D eigenvalue weighted by Gasteiger charge is 2.46. The molecule has 3 aromatic rings. The molecule has 0 bridgehead atoms. The molecule has 0 spiro atoms. The van der Waals surface area contributed by atoms with Gasteiger partial charge in [0.2, 0.25) is 17.7 Å². The molecule has 2 atom stereocenters. The number of cyclic esters (lactones) is 1. The first-order valence-corrected chi connectivity index (χ1v) is 14.9. The van der Waals surface area contributed by atoms with Gasteiger partial charge in [-0.1, -0.05) is 6.92 Å². The van der Waals surface area contributed by atoms with Gasteiger partial charge in [-0.2, -0.15) is 0 Å². The molecule has 2 aromatic heterocycles. The van der Waals surface area contributed by atoms with Gasteiger partial charge < -0.3 is 40.8 Å². The van der Waals surface area contributed by atoms with Crippen LogP contribution in [0.2, 0.25) is 0 Å². The maximum absolute atomic E-state index is 15.1. The van der Waals surface area contributed by atoms with Crippen LogP contribution in [-0.4, -0.2) is 64.8 Å². The molecule has 6 N–H and O–H groups in total. The standard InChI is InChI=1S/C31H33FN6O8/c1-3-31(44)18-6-22-28-16(10-38(22)29(42)17(18)11-46-30(31)43)27-20(5-4-15-14(2)19(32)7-21(37-28)26(15)27)36-25(41)12-45-13-35-24(40)9-34-23(39)8-33/h6-7,20,44H,3-5,8-13,33H2,1-2H3,(H,34,39)(H,35,40)(H,36,41)/t20-,31-/m0/s1. The minimum Gasteiger partial charge on any atom is -0.458 e. The van der Waals surface area contributed by atoms with Crippen LogP contribution in [0.5, 0.6) is 0 Å². The number of fused-ring (bicyclic) bond motifs is 5. The number of carbonyl (C=O) groups excluding carboxylic acids is 4. The fourth-order valence-electron chi connectivity index (χ4n) is 6.52. The van der Waals surface area contributed by atoms with E-state index < -0.39 is 46.7 Å². The maximum atomic E-state index is 15.1. The fourth-order valence-corrected chi connectivity index (χ4v) is 6.52. The number of halogens is 1. The molecule has 0 saturated heterocycles. The minimum atomic E-state index is -2.00. The monoisotopic (exact) mass is 636 g/mol. The lowest BCUT2D eigenvalue weighted by atomic mass is 9.81. The number of aliphatic hydroxyl groups is 1. The number of carbonyl (C=O) groups is 4. The maximum Gasteiger partial charge on any atom is 0.343 e. The molecule has 0 radical (unpaired) electrons. The average molecular weight is 637 g/mol. The van der Waals surface area contributed by atoms with Crippen molar-refractivity contribution in [1.82, 2.24) is 25.5 Å². The number of nitrogens with one attached hydrogen (secondary N) is 3. The Balaban J connectivity index is 1.32. The van der Waals surface area contributed by atoms with E-state index in [0.717, 1.165) is 5.56 Å². The molecule has 1 aromatic carbocycles. The normalized spacial score (nSPS) is 19.2. The van der Waals surface area contributed by atoms with E-state index in [1.807, 2.05) is 0 Å². The number of amides is 3. The van der Waals surface area contributed by atoms with E-state index in [-0.39, 0.29) is 57.1 Å². The molecule has 6 rings (SSSR count). The van der Waals surface area contributed by atoms with Crippen molar-refractivity contribution in [3.63, 3.8) is 0 Å². The first-order valence-electron chi connectivity index (χ1n) is 14.9. The zero-order chi connectivity index (χ0) is 32.9. The first kappa shape index (κ1) is 31.3. The van der Waals surface area contributed by atoms with Crippen LogP contribution in [0.4, 0.5) is 4.39 Å². The second-order valence-electron chi connectivity index (χ2n) is 11.5. The Morgan fingerprint density at radius 3 is 2.70 bits per heavy atom. The quantitative estimate of drug-likeness (QED) is 0.0930. The zero-order valence-corrected chi connectivity index (χ0v) is 25.3. The number of rotatable bonds is 9. The summed E-state index contributed by atoms with van der Waals surface area (Å²) in [6, 6.07) is 2.39. The summed E-state index contributed by atoms with van der Waals surface area (Å²) >= 11 is 0. The van der Waals surface area contributed by atoms with Gasteiger partial charge in [0.25, 0.3) is 5.56 Å². The lowest BCUT2D eigenvalue weighted by Crippen LogP contribution is -2.44. The highest BCUT2D eigenvalue weighted by atomic mass is 19.1. The molecule has 46 heavy (non-hydrogen) atoms. The van der Waals surface area contributed by atoms with E-state index in [4.69, 9.17) is 20.2 Å². The SMILES string of the molecule is CC[C@@]1(O)C(=O)OCc2c1cc1n(c2=O)Cc2c-1nc1cc(F)c(C)c3c1c2[C@@H](NC(=O)COCNC(=O)CNC(=O)CN)CC3. The number of benzene rings is 1. The van der Waals surface area contributed by atoms with Gasteiger partial charge in [0, 0.05) is 22.6 Å². The van der Waals surface area contributed by atoms with Crippen LogP contribution >= 0.6 is 0 Å². The molecule has 0 unspecified atom stereocenters. The average Bonchev–Trinajstić information content (AvgIpc) is 3.41. The van der Waals surface area contributed by atoms with E-state index in [1.54, 1.807) is 19.9 Å². The van der Waals surface area contributed by atoms with Gasteiger partial charge in [0.05, 0.1) is 48.1 Å². The first-order chi connectivity index (χ1) is 22.0. The van der Waals surface area contributed by atoms with Crippen molar-refractivity contribution >= 4 is 34.6 Å². The number of aryl methyl sites for hydroxylation is 1. The molecule has 242 valence electrons. The van der Waals surface area contributed by atoms with Crippen molar-refractivity contribution in [1.29, 1.82) is 0 Å². The molecule has 3 aliphatic rings. The molecule has 14 nitrogen and oxygen atoms in total. The molecule has 15 heteroatoms. The van der Waals surface area contributed by atoms with Crippen molar-refractivity contribution in [3.8, 4) is 11.4 Å². The van der Waals surface area contributed by atoms with Crippen LogP contribution in [0.15, 0.2) is 16.9 Å². The molecule has 0 fully saturated rings. The second-order valence-corrected chi connectivity index (χ2v) is 11.5. The zero-order valence-electron chi connectivity index (χ0n) is 25.3. The molecular weight excluding hydrogens is 603 g/mol. The Morgan fingerprint density at radius 2 is 1.96 bits per heavy atom. The molecule has 4 heterocycles. The third kappa shape index (κ3) is 5.09. The Hall–Kier alpha value is -4.73. The number of nitrogens with zero attached hydrogens (tertiary/aromatic N) is 2. The number of hydrogen-bond donors (Lipinski definition) is 5. The van der Waals surface area contributed by atoms with Crippen molar-refractivity contribution < 1.29 is 38.1 Å². The summed E-state index contributed by atoms with van der Waals surface area (Å²) in [7, 11) is 0. The van der Waals surface area contributed by atoms with Crippen molar-refractivity contribution in [3.05, 3.63) is 61.7 Å². The summed E-state index contributed by atoms with van der Waals surface area (Å²) in [5, 5.41) is 19.6. The van der Waals surface area contributed by atoms with Gasteiger partial charge in [0.1, 0.15) is 25.8 Å². The number of nitrogens with two attached hydrogens (primary N) is 1. The molecule has 2 aliphatic heterocycles. The smallest absolute Gasteiger partial charge is 0.343 e. The molecule has 0 saturated carbocycles. The highest BCUT2D eigenvalue weighted by Crippen LogP contribution is 2.45. The van der Waals surface area contributed by atoms with Crippen LogP contribution in [0.3, 0.4) is 0 Å². The van der Waals surface area contributed by atoms with Crippen LogP contribution in [0, 0.1) is 12.7 Å². The Kier molecular flexibility index (Phi) is 8.08. The van der Waals surface area contributed by atoms with E-state index in [9.17, 15) is 29.1 Å². The van der Waals surface area contributed by atoms with E-state index in [1.165, 1.54) is 10.6 Å². The summed E-state index contributed by atoms with van der Waals surface area (Å²) < 4.78 is 27.1. The van der Waals surface area contributed by atoms with Gasteiger partial charge in [-0.15, -0.1) is 0 Å². The third-order valence-corrected chi connectivity index (χ3v) is 8.95. The largest absolute Gasteiger partial charge is 0.458 e. The third-order valence-electron chi connectivity index (χ3n) is 8.95. The van der Waals surface area contributed by atoms with E-state index in [2.05, 4.69) is 16.0 Å². The number of aromatic nitrogens is 2. The van der Waals surface area contributed by atoms with Crippen molar-refractivity contribution in [2.75, 3.05) is 26.4 Å². The van der Waals surface area contributed by atoms with E-state index in [0.29, 0.717) is 51.8 Å². The number of hydrogen-bond acceptors (Lipinski definition) is 10. The van der Waals surface area contributed by atoms with Gasteiger partial charge in [-0.25, -0.2) is 14.2 Å². The van der Waals surface area contributed by atoms with Crippen molar-refractivity contribution in [2.45, 2.75) is 57.9 Å². The van der Waals surface area contributed by atoms with Crippen LogP contribution in [0.25, 0.3) is 22.3 Å². The van der Waals surface area contributed by atoms with Crippen LogP contribution in [0.1, 0.15) is 59.2 Å². The summed E-state index contributed by atoms with van der Waals surface area (Å²) in [6.07, 6.45) is 0.892. The highest BCUT2D eigenvalue weighted by molar-refractivity contribution is 5.94. The number of ether oxygens (including phenoxy) is 2. The Morgan fingerprint density at radius 1 is 1.17 bits per heavy atom. The van der Waals surface area contributed by atoms with Crippen LogP contribution < -0.4 is 27.2 Å². The predicted molar refractivity (Wildman–Crippen MR) is 159 cm³/mol. The van der Waals surface area contributed by atoms with Gasteiger partial charge in [-0.3, -0.25) is 19.2 Å². The van der Waals surface area contributed by atoms with Gasteiger partial charge in [-0.05, 0) is 48.9 Å². The molecular formula is C31H33FN6O8. The lowest BCUT2D eigenvalue weighted by molar-refractivity contribution is -0.172. The summed E-state index contributed by atoms with van der Waals surface area (Å²) in [5.41, 5.74) is 6.86. The van der Waals surface area contributed by atoms with Crippen molar-refractivity contribution in [2.24, 2.45) is 5.73 Å². The van der Waals surface area contributed by atoms with Gasteiger partial charge in [0.15, 0.2) is 5.60 Å². The topological polar surface area (TPSA) is 204 Å². The fraction of sp³-hybridized carbons (Fsp3) is 0.419. The minimum absolute atomic E-state index is 0.0104. The summed E-state index contributed by atoms with van der Waals surface area (Å²) in [6.45, 7) is 1.96. The number of esters is 1. The summed E-state index contributed by atoms with van der Waals surface area (Å²) in [5.74, 6) is -2.74. The second kappa shape index (κ2) is 11.9. The Bertz CT molecular complexity index is 1890. The van der Waals surface area contributed by atoms with E-state index >= 15 is 4.39 Å². The molecule has 3 amide bonds. The predicted octanol–water partition coefficient (Wildman–Crippen LogP) is -0.204. The lowest BCUT2D eigenvalue weighted by Gasteiger charge is -2.31. The van der Waals surface area contributed by atoms with Gasteiger partial charge >= 0.3 is 5.97 Å². The Labute approximate surface area is 261 Å². The molecule has 1 aliphatic carbocycles. The number of pyridine rings is 2. The van der Waals surface area contributed by atoms with Crippen LogP contribution in [-0.2, 0) is 53.8 Å². The summed E-state index contributed by atoms with van der Waals surface area (Å²) in [4.78, 5) is 67.2.